The Morgan fingerprint density at radius 1 is 1.22 bits per heavy atom. The van der Waals surface area contributed by atoms with Crippen molar-refractivity contribution in [3.05, 3.63) is 48.6 Å². The first kappa shape index (κ1) is 12.9. The van der Waals surface area contributed by atoms with Gasteiger partial charge in [0.1, 0.15) is 6.61 Å². The normalized spacial score (nSPS) is 22.9. The Balaban J connectivity index is 1.81. The van der Waals surface area contributed by atoms with E-state index in [1.54, 1.807) is 0 Å². The van der Waals surface area contributed by atoms with Crippen LogP contribution in [0.15, 0.2) is 43.0 Å². The molecule has 1 nitrogen and oxygen atoms in total. The predicted molar refractivity (Wildman–Crippen MR) is 75.2 cm³/mol. The van der Waals surface area contributed by atoms with Crippen LogP contribution in [0.5, 0.6) is 0 Å². The van der Waals surface area contributed by atoms with Crippen LogP contribution in [0.4, 0.5) is 0 Å². The Kier molecular flexibility index (Phi) is 5.05. The van der Waals surface area contributed by atoms with Gasteiger partial charge in [0, 0.05) is 11.5 Å². The summed E-state index contributed by atoms with van der Waals surface area (Å²) in [5, 5.41) is 0. The third-order valence-corrected chi connectivity index (χ3v) is 3.43. The standard InChI is InChI=1S/C17H20O/c1-2-16-12-6-7-13-17(16)18-14-8-11-15-9-4-3-5-10-15/h2-5,9-10,16-17H,1,6-7,12-14H2/t16-,17-/m0/s1. The van der Waals surface area contributed by atoms with Gasteiger partial charge in [-0.15, -0.1) is 6.58 Å². The second-order valence-electron chi connectivity index (χ2n) is 4.70. The summed E-state index contributed by atoms with van der Waals surface area (Å²) in [5.41, 5.74) is 1.05. The lowest BCUT2D eigenvalue weighted by Crippen LogP contribution is -2.26. The van der Waals surface area contributed by atoms with Crippen molar-refractivity contribution in [2.24, 2.45) is 5.92 Å². The maximum absolute atomic E-state index is 5.86. The summed E-state index contributed by atoms with van der Waals surface area (Å²) in [5.74, 6) is 6.71. The van der Waals surface area contributed by atoms with Crippen molar-refractivity contribution in [1.82, 2.24) is 0 Å². The number of ether oxygens (including phenoxy) is 1. The summed E-state index contributed by atoms with van der Waals surface area (Å²) in [6.07, 6.45) is 7.27. The topological polar surface area (TPSA) is 9.23 Å². The third-order valence-electron chi connectivity index (χ3n) is 3.43. The number of rotatable bonds is 3. The highest BCUT2D eigenvalue weighted by molar-refractivity contribution is 5.33. The van der Waals surface area contributed by atoms with Crippen LogP contribution in [-0.2, 0) is 4.74 Å². The minimum Gasteiger partial charge on any atom is -0.365 e. The van der Waals surface area contributed by atoms with Crippen molar-refractivity contribution >= 4 is 0 Å². The van der Waals surface area contributed by atoms with E-state index in [1.165, 1.54) is 19.3 Å². The van der Waals surface area contributed by atoms with Gasteiger partial charge in [0.15, 0.2) is 0 Å². The first-order valence-electron chi connectivity index (χ1n) is 6.68. The molecule has 94 valence electrons. The molecule has 1 aromatic carbocycles. The van der Waals surface area contributed by atoms with Gasteiger partial charge >= 0.3 is 0 Å². The van der Waals surface area contributed by atoms with Crippen molar-refractivity contribution in [1.29, 1.82) is 0 Å². The average Bonchev–Trinajstić information content (AvgIpc) is 2.45. The van der Waals surface area contributed by atoms with Crippen LogP contribution in [0.3, 0.4) is 0 Å². The molecule has 0 N–H and O–H groups in total. The summed E-state index contributed by atoms with van der Waals surface area (Å²) in [6.45, 7) is 4.41. The monoisotopic (exact) mass is 240 g/mol. The summed E-state index contributed by atoms with van der Waals surface area (Å²) in [7, 11) is 0. The molecule has 1 saturated carbocycles. The van der Waals surface area contributed by atoms with Crippen molar-refractivity contribution in [3.8, 4) is 11.8 Å². The number of benzene rings is 1. The fourth-order valence-electron chi connectivity index (χ4n) is 2.41. The van der Waals surface area contributed by atoms with Crippen LogP contribution in [0.25, 0.3) is 0 Å². The molecule has 0 bridgehead atoms. The van der Waals surface area contributed by atoms with Crippen LogP contribution in [0.1, 0.15) is 31.2 Å². The molecule has 0 radical (unpaired) electrons. The highest BCUT2D eigenvalue weighted by Gasteiger charge is 2.22. The summed E-state index contributed by atoms with van der Waals surface area (Å²) in [4.78, 5) is 0. The first-order chi connectivity index (χ1) is 8.90. The molecule has 0 aromatic heterocycles. The third kappa shape index (κ3) is 3.75. The Morgan fingerprint density at radius 2 is 2.00 bits per heavy atom. The lowest BCUT2D eigenvalue weighted by atomic mass is 9.86. The smallest absolute Gasteiger partial charge is 0.108 e. The molecule has 1 aliphatic rings. The van der Waals surface area contributed by atoms with Gasteiger partial charge in [0.25, 0.3) is 0 Å². The second-order valence-corrected chi connectivity index (χ2v) is 4.70. The van der Waals surface area contributed by atoms with Gasteiger partial charge in [-0.3, -0.25) is 0 Å². The van der Waals surface area contributed by atoms with Crippen LogP contribution in [-0.4, -0.2) is 12.7 Å². The fraction of sp³-hybridized carbons (Fsp3) is 0.412. The molecule has 0 saturated heterocycles. The highest BCUT2D eigenvalue weighted by Crippen LogP contribution is 2.27. The van der Waals surface area contributed by atoms with E-state index in [1.807, 2.05) is 36.4 Å². The van der Waals surface area contributed by atoms with Gasteiger partial charge in [0.05, 0.1) is 6.10 Å². The highest BCUT2D eigenvalue weighted by atomic mass is 16.5. The molecule has 0 amide bonds. The Bertz CT molecular complexity index is 424. The SMILES string of the molecule is C=C[C@H]1CCCC[C@@H]1OCC#Cc1ccccc1. The molecule has 2 atom stereocenters. The Labute approximate surface area is 110 Å². The Morgan fingerprint density at radius 3 is 2.78 bits per heavy atom. The minimum atomic E-state index is 0.321. The number of hydrogen-bond donors (Lipinski definition) is 0. The van der Waals surface area contributed by atoms with Gasteiger partial charge in [-0.25, -0.2) is 0 Å². The quantitative estimate of drug-likeness (QED) is 0.577. The van der Waals surface area contributed by atoms with Crippen LogP contribution in [0.2, 0.25) is 0 Å². The molecule has 1 aliphatic carbocycles. The average molecular weight is 240 g/mol. The molecular weight excluding hydrogens is 220 g/mol. The van der Waals surface area contributed by atoms with Crippen molar-refractivity contribution in [2.75, 3.05) is 6.61 Å². The van der Waals surface area contributed by atoms with E-state index in [2.05, 4.69) is 18.4 Å². The second kappa shape index (κ2) is 7.03. The molecule has 0 aliphatic heterocycles. The molecule has 1 fully saturated rings. The molecule has 1 aromatic rings. The van der Waals surface area contributed by atoms with Gasteiger partial charge in [0.2, 0.25) is 0 Å². The lowest BCUT2D eigenvalue weighted by molar-refractivity contribution is 0.0227. The maximum atomic E-state index is 5.86. The van der Waals surface area contributed by atoms with Crippen molar-refractivity contribution in [3.63, 3.8) is 0 Å². The van der Waals surface area contributed by atoms with Crippen LogP contribution in [0, 0.1) is 17.8 Å². The fourth-order valence-corrected chi connectivity index (χ4v) is 2.41. The van der Waals surface area contributed by atoms with E-state index in [0.717, 1.165) is 12.0 Å². The van der Waals surface area contributed by atoms with Gasteiger partial charge in [-0.05, 0) is 25.0 Å². The molecule has 18 heavy (non-hydrogen) atoms. The zero-order valence-corrected chi connectivity index (χ0v) is 10.8. The number of hydrogen-bond acceptors (Lipinski definition) is 1. The van der Waals surface area contributed by atoms with E-state index in [0.29, 0.717) is 18.6 Å². The summed E-state index contributed by atoms with van der Waals surface area (Å²) < 4.78 is 5.86. The summed E-state index contributed by atoms with van der Waals surface area (Å²) in [6, 6.07) is 10.0. The molecule has 0 heterocycles. The molecule has 0 spiro atoms. The summed E-state index contributed by atoms with van der Waals surface area (Å²) >= 11 is 0. The Hall–Kier alpha value is -1.52. The van der Waals surface area contributed by atoms with E-state index < -0.39 is 0 Å². The van der Waals surface area contributed by atoms with E-state index in [4.69, 9.17) is 4.74 Å². The van der Waals surface area contributed by atoms with Gasteiger partial charge < -0.3 is 4.74 Å². The van der Waals surface area contributed by atoms with Crippen LogP contribution < -0.4 is 0 Å². The van der Waals surface area contributed by atoms with Crippen molar-refractivity contribution in [2.45, 2.75) is 31.8 Å². The predicted octanol–water partition coefficient (Wildman–Crippen LogP) is 3.80. The molecule has 0 unspecified atom stereocenters. The zero-order valence-electron chi connectivity index (χ0n) is 10.8. The van der Waals surface area contributed by atoms with Gasteiger partial charge in [-0.1, -0.05) is 49.0 Å². The van der Waals surface area contributed by atoms with Crippen LogP contribution >= 0.6 is 0 Å². The zero-order chi connectivity index (χ0) is 12.6. The largest absolute Gasteiger partial charge is 0.365 e. The molecule has 2 rings (SSSR count). The maximum Gasteiger partial charge on any atom is 0.108 e. The molecular formula is C17H20O. The lowest BCUT2D eigenvalue weighted by Gasteiger charge is -2.28. The molecule has 1 heteroatoms. The van der Waals surface area contributed by atoms with Crippen molar-refractivity contribution < 1.29 is 4.74 Å². The van der Waals surface area contributed by atoms with E-state index in [9.17, 15) is 0 Å². The van der Waals surface area contributed by atoms with E-state index in [-0.39, 0.29) is 0 Å². The first-order valence-corrected chi connectivity index (χ1v) is 6.68. The minimum absolute atomic E-state index is 0.321. The van der Waals surface area contributed by atoms with E-state index >= 15 is 0 Å². The van der Waals surface area contributed by atoms with Gasteiger partial charge in [-0.2, -0.15) is 0 Å².